The number of benzene rings is 1. The molecule has 5 rings (SSSR count). The van der Waals surface area contributed by atoms with Crippen molar-refractivity contribution in [2.24, 2.45) is 0 Å². The van der Waals surface area contributed by atoms with E-state index in [-0.39, 0.29) is 24.9 Å². The summed E-state index contributed by atoms with van der Waals surface area (Å²) in [5, 5.41) is 6.71. The van der Waals surface area contributed by atoms with Crippen LogP contribution in [-0.4, -0.2) is 41.3 Å². The molecule has 3 heterocycles. The lowest BCUT2D eigenvalue weighted by atomic mass is 9.84. The van der Waals surface area contributed by atoms with Crippen LogP contribution in [0, 0.1) is 5.82 Å². The Hall–Kier alpha value is -3.90. The van der Waals surface area contributed by atoms with Crippen molar-refractivity contribution in [1.82, 2.24) is 20.3 Å². The summed E-state index contributed by atoms with van der Waals surface area (Å²) in [7, 11) is 1.58. The molecule has 4 aromatic rings. The Morgan fingerprint density at radius 1 is 1.12 bits per heavy atom. The van der Waals surface area contributed by atoms with Crippen molar-refractivity contribution >= 4 is 40.0 Å². The fraction of sp³-hybridized carbons (Fsp3) is 0.226. The second-order valence-electron chi connectivity index (χ2n) is 9.32. The number of methoxy groups -OCH3 is 1. The summed E-state index contributed by atoms with van der Waals surface area (Å²) in [4.78, 5) is 26.2. The van der Waals surface area contributed by atoms with E-state index >= 15 is 4.39 Å². The number of nitrogens with one attached hydrogen (secondary N) is 2. The van der Waals surface area contributed by atoms with Crippen LogP contribution >= 0.6 is 23.1 Å². The summed E-state index contributed by atoms with van der Waals surface area (Å²) in [6.45, 7) is 0.851. The van der Waals surface area contributed by atoms with Crippen molar-refractivity contribution in [2.45, 2.75) is 34.5 Å². The largest absolute Gasteiger partial charge is 0.359 e. The fourth-order valence-corrected chi connectivity index (χ4v) is 6.42. The van der Waals surface area contributed by atoms with Gasteiger partial charge in [-0.1, -0.05) is 77.2 Å². The number of ether oxygens (including phenoxy) is 2. The van der Waals surface area contributed by atoms with E-state index in [0.717, 1.165) is 28.2 Å². The normalized spacial score (nSPS) is 13.4. The molecule has 0 fully saturated rings. The van der Waals surface area contributed by atoms with E-state index in [0.29, 0.717) is 22.5 Å². The molecule has 1 aromatic carbocycles. The SMILES string of the molecule is COCOCc1ccccc1C(CNC(=O)c1nccc(Sc2cnc(Nc3ccccn3)s2)c1F)C1=CC=CCC1. The molecule has 11 heteroatoms. The maximum absolute atomic E-state index is 15.6. The van der Waals surface area contributed by atoms with Crippen molar-refractivity contribution in [3.63, 3.8) is 0 Å². The maximum Gasteiger partial charge on any atom is 0.273 e. The Kier molecular flexibility index (Phi) is 10.4. The molecule has 0 spiro atoms. The zero-order valence-electron chi connectivity index (χ0n) is 23.0. The molecule has 2 N–H and O–H groups in total. The molecule has 1 aliphatic rings. The van der Waals surface area contributed by atoms with Gasteiger partial charge >= 0.3 is 0 Å². The Morgan fingerprint density at radius 2 is 2.00 bits per heavy atom. The van der Waals surface area contributed by atoms with Gasteiger partial charge in [0, 0.05) is 32.0 Å². The molecule has 1 atom stereocenters. The maximum atomic E-state index is 15.6. The van der Waals surface area contributed by atoms with Gasteiger partial charge in [0.25, 0.3) is 5.91 Å². The van der Waals surface area contributed by atoms with Gasteiger partial charge in [0.1, 0.15) is 12.6 Å². The van der Waals surface area contributed by atoms with Gasteiger partial charge in [-0.15, -0.1) is 0 Å². The average Bonchev–Trinajstić information content (AvgIpc) is 3.46. The molecule has 0 saturated carbocycles. The van der Waals surface area contributed by atoms with Crippen LogP contribution in [0.1, 0.15) is 40.4 Å². The van der Waals surface area contributed by atoms with Gasteiger partial charge in [-0.2, -0.15) is 0 Å². The minimum atomic E-state index is -0.669. The lowest BCUT2D eigenvalue weighted by Gasteiger charge is -2.25. The number of nitrogens with zero attached hydrogens (tertiary/aromatic N) is 3. The van der Waals surface area contributed by atoms with Gasteiger partial charge in [-0.3, -0.25) is 4.79 Å². The number of halogens is 1. The van der Waals surface area contributed by atoms with Crippen LogP contribution in [0.25, 0.3) is 0 Å². The van der Waals surface area contributed by atoms with Crippen molar-refractivity contribution in [3.8, 4) is 0 Å². The Morgan fingerprint density at radius 3 is 2.81 bits per heavy atom. The van der Waals surface area contributed by atoms with E-state index in [1.807, 2.05) is 48.5 Å². The number of carbonyl (C=O) groups is 1. The molecule has 0 aliphatic heterocycles. The highest BCUT2D eigenvalue weighted by Gasteiger charge is 2.24. The summed E-state index contributed by atoms with van der Waals surface area (Å²) in [5.41, 5.74) is 3.00. The first-order valence-electron chi connectivity index (χ1n) is 13.4. The lowest BCUT2D eigenvalue weighted by molar-refractivity contribution is -0.0393. The van der Waals surface area contributed by atoms with E-state index in [9.17, 15) is 4.79 Å². The van der Waals surface area contributed by atoms with Crippen LogP contribution in [0.4, 0.5) is 15.3 Å². The molecular weight excluding hydrogens is 574 g/mol. The highest BCUT2D eigenvalue weighted by molar-refractivity contribution is 8.01. The number of rotatable bonds is 13. The summed E-state index contributed by atoms with van der Waals surface area (Å²) in [6, 6.07) is 15.1. The Bertz CT molecular complexity index is 1560. The fourth-order valence-electron chi connectivity index (χ4n) is 4.55. The van der Waals surface area contributed by atoms with Gasteiger partial charge in [-0.25, -0.2) is 19.3 Å². The third-order valence-electron chi connectivity index (χ3n) is 6.51. The predicted molar refractivity (Wildman–Crippen MR) is 163 cm³/mol. The number of carbonyl (C=O) groups excluding carboxylic acids is 1. The standard InChI is InChI=1S/C31H30FN5O3S2/c1-39-20-40-19-22-11-5-6-12-23(22)24(21-9-3-2-4-10-21)17-35-30(38)29-28(32)25(14-16-34-29)41-27-18-36-31(42-27)37-26-13-7-8-15-33-26/h2-3,5-9,11-16,18,24H,4,10,17,19-20H2,1H3,(H,35,38)(H,33,36,37). The van der Waals surface area contributed by atoms with Crippen molar-refractivity contribution in [1.29, 1.82) is 0 Å². The minimum Gasteiger partial charge on any atom is -0.359 e. The highest BCUT2D eigenvalue weighted by Crippen LogP contribution is 2.36. The first-order valence-corrected chi connectivity index (χ1v) is 15.0. The molecule has 0 radical (unpaired) electrons. The zero-order chi connectivity index (χ0) is 29.1. The molecule has 0 saturated heterocycles. The number of hydrogen-bond acceptors (Lipinski definition) is 9. The summed E-state index contributed by atoms with van der Waals surface area (Å²) in [6.07, 6.45) is 12.8. The molecule has 8 nitrogen and oxygen atoms in total. The molecule has 216 valence electrons. The van der Waals surface area contributed by atoms with Gasteiger partial charge in [0.2, 0.25) is 0 Å². The third-order valence-corrected chi connectivity index (χ3v) is 8.56. The topological polar surface area (TPSA) is 98.3 Å². The number of thiazole rings is 1. The first-order chi connectivity index (χ1) is 20.6. The Balaban J connectivity index is 1.30. The van der Waals surface area contributed by atoms with Crippen molar-refractivity contribution in [3.05, 3.63) is 114 Å². The zero-order valence-corrected chi connectivity index (χ0v) is 24.6. The smallest absolute Gasteiger partial charge is 0.273 e. The van der Waals surface area contributed by atoms with Crippen molar-refractivity contribution in [2.75, 3.05) is 25.8 Å². The predicted octanol–water partition coefficient (Wildman–Crippen LogP) is 6.88. The van der Waals surface area contributed by atoms with E-state index < -0.39 is 11.7 Å². The summed E-state index contributed by atoms with van der Waals surface area (Å²) < 4.78 is 27.0. The minimum absolute atomic E-state index is 0.107. The van der Waals surface area contributed by atoms with Gasteiger partial charge in [0.05, 0.1) is 21.9 Å². The van der Waals surface area contributed by atoms with E-state index in [4.69, 9.17) is 9.47 Å². The molecular formula is C31H30FN5O3S2. The summed E-state index contributed by atoms with van der Waals surface area (Å²) >= 11 is 2.56. The number of amides is 1. The third kappa shape index (κ3) is 7.68. The second-order valence-corrected chi connectivity index (χ2v) is 11.7. The van der Waals surface area contributed by atoms with Crippen LogP contribution in [0.2, 0.25) is 0 Å². The van der Waals surface area contributed by atoms with E-state index in [2.05, 4.69) is 37.7 Å². The van der Waals surface area contributed by atoms with Crippen LogP contribution in [-0.2, 0) is 16.1 Å². The molecule has 1 unspecified atom stereocenters. The van der Waals surface area contributed by atoms with Crippen molar-refractivity contribution < 1.29 is 18.7 Å². The first kappa shape index (κ1) is 29.6. The second kappa shape index (κ2) is 14.8. The number of aromatic nitrogens is 3. The molecule has 3 aromatic heterocycles. The lowest BCUT2D eigenvalue weighted by Crippen LogP contribution is -2.31. The molecule has 0 bridgehead atoms. The number of pyridine rings is 2. The van der Waals surface area contributed by atoms with E-state index in [1.165, 1.54) is 34.9 Å². The van der Waals surface area contributed by atoms with Crippen LogP contribution in [0.5, 0.6) is 0 Å². The number of allylic oxidation sites excluding steroid dienone is 3. The van der Waals surface area contributed by atoms with Gasteiger partial charge < -0.3 is 20.1 Å². The quantitative estimate of drug-likeness (QED) is 0.126. The van der Waals surface area contributed by atoms with Crippen LogP contribution in [0.3, 0.4) is 0 Å². The van der Waals surface area contributed by atoms with Crippen LogP contribution < -0.4 is 10.6 Å². The number of hydrogen-bond donors (Lipinski definition) is 2. The number of anilines is 2. The van der Waals surface area contributed by atoms with Crippen LogP contribution in [0.15, 0.2) is 100 Å². The van der Waals surface area contributed by atoms with Gasteiger partial charge in [0.15, 0.2) is 16.6 Å². The average molecular weight is 604 g/mol. The molecule has 42 heavy (non-hydrogen) atoms. The highest BCUT2D eigenvalue weighted by atomic mass is 32.2. The monoisotopic (exact) mass is 603 g/mol. The molecule has 1 amide bonds. The van der Waals surface area contributed by atoms with Gasteiger partial charge in [-0.05, 0) is 42.2 Å². The molecule has 1 aliphatic carbocycles. The summed E-state index contributed by atoms with van der Waals surface area (Å²) in [5.74, 6) is -0.677. The Labute approximate surface area is 252 Å². The van der Waals surface area contributed by atoms with E-state index in [1.54, 1.807) is 25.6 Å².